The Morgan fingerprint density at radius 1 is 1.03 bits per heavy atom. The highest BCUT2D eigenvalue weighted by molar-refractivity contribution is 5.91. The van der Waals surface area contributed by atoms with Gasteiger partial charge in [-0.05, 0) is 30.7 Å². The van der Waals surface area contributed by atoms with Crippen LogP contribution in [0, 0.1) is 5.92 Å². The molecule has 3 amide bonds. The van der Waals surface area contributed by atoms with Gasteiger partial charge in [0.2, 0.25) is 11.8 Å². The van der Waals surface area contributed by atoms with Crippen molar-refractivity contribution in [2.45, 2.75) is 51.8 Å². The second-order valence-electron chi connectivity index (χ2n) is 7.51. The third-order valence-corrected chi connectivity index (χ3v) is 4.35. The lowest BCUT2D eigenvalue weighted by atomic mass is 10.0. The van der Waals surface area contributed by atoms with E-state index in [0.29, 0.717) is 25.8 Å². The molecule has 7 N–H and O–H groups in total. The molecule has 172 valence electrons. The third-order valence-electron chi connectivity index (χ3n) is 4.35. The van der Waals surface area contributed by atoms with Gasteiger partial charge in [-0.3, -0.25) is 14.6 Å². The summed E-state index contributed by atoms with van der Waals surface area (Å²) in [6, 6.07) is 7.61. The van der Waals surface area contributed by atoms with Crippen molar-refractivity contribution in [1.82, 2.24) is 16.0 Å². The summed E-state index contributed by atoms with van der Waals surface area (Å²) >= 11 is 0. The smallest absolute Gasteiger partial charge is 0.408 e. The average Bonchev–Trinajstić information content (AvgIpc) is 2.73. The van der Waals surface area contributed by atoms with Crippen LogP contribution in [-0.2, 0) is 20.9 Å². The van der Waals surface area contributed by atoms with E-state index in [2.05, 4.69) is 20.9 Å². The molecule has 0 aliphatic heterocycles. The van der Waals surface area contributed by atoms with Crippen molar-refractivity contribution < 1.29 is 19.1 Å². The fourth-order valence-corrected chi connectivity index (χ4v) is 2.83. The Morgan fingerprint density at radius 2 is 1.71 bits per heavy atom. The molecule has 0 fully saturated rings. The molecule has 0 saturated carbocycles. The fraction of sp³-hybridized carbons (Fsp3) is 0.524. The number of alkyl carbamates (subject to hydrolysis) is 1. The van der Waals surface area contributed by atoms with E-state index in [-0.39, 0.29) is 24.4 Å². The molecule has 0 spiro atoms. The minimum Gasteiger partial charge on any atom is -0.445 e. The topological polar surface area (TPSA) is 161 Å². The maximum atomic E-state index is 12.8. The molecule has 1 aromatic rings. The molecule has 0 unspecified atom stereocenters. The van der Waals surface area contributed by atoms with Crippen LogP contribution in [0.15, 0.2) is 35.3 Å². The van der Waals surface area contributed by atoms with Gasteiger partial charge >= 0.3 is 6.09 Å². The van der Waals surface area contributed by atoms with Crippen molar-refractivity contribution in [1.29, 1.82) is 0 Å². The molecule has 31 heavy (non-hydrogen) atoms. The van der Waals surface area contributed by atoms with Crippen LogP contribution in [0.3, 0.4) is 0 Å². The first-order chi connectivity index (χ1) is 14.7. The zero-order chi connectivity index (χ0) is 23.2. The summed E-state index contributed by atoms with van der Waals surface area (Å²) in [4.78, 5) is 41.1. The van der Waals surface area contributed by atoms with E-state index in [1.54, 1.807) is 0 Å². The van der Waals surface area contributed by atoms with E-state index in [1.165, 1.54) is 7.05 Å². The molecule has 0 saturated heterocycles. The number of carbonyl (C=O) groups excluding carboxylic acids is 3. The number of carbonyl (C=O) groups is 3. The average molecular weight is 435 g/mol. The molecular formula is C21H34N6O4. The highest BCUT2D eigenvalue weighted by Crippen LogP contribution is 2.08. The second-order valence-corrected chi connectivity index (χ2v) is 7.51. The highest BCUT2D eigenvalue weighted by atomic mass is 16.5. The number of nitrogens with two attached hydrogens (primary N) is 2. The SMILES string of the molecule is CNC(=O)[C@H](CCCN=C(N)N)NC(=O)[C@H](CC(C)C)NC(=O)OCc1ccccc1. The molecule has 0 aromatic heterocycles. The van der Waals surface area contributed by atoms with Crippen molar-refractivity contribution in [3.05, 3.63) is 35.9 Å². The number of likely N-dealkylation sites (N-methyl/N-ethyl adjacent to an activating group) is 1. The van der Waals surface area contributed by atoms with Crippen LogP contribution in [-0.4, -0.2) is 49.5 Å². The summed E-state index contributed by atoms with van der Waals surface area (Å²) in [7, 11) is 1.49. The predicted molar refractivity (Wildman–Crippen MR) is 119 cm³/mol. The van der Waals surface area contributed by atoms with Crippen LogP contribution in [0.25, 0.3) is 0 Å². The monoisotopic (exact) mass is 434 g/mol. The van der Waals surface area contributed by atoms with Gasteiger partial charge in [-0.1, -0.05) is 44.2 Å². The maximum Gasteiger partial charge on any atom is 0.408 e. The fourth-order valence-electron chi connectivity index (χ4n) is 2.83. The number of ether oxygens (including phenoxy) is 1. The number of nitrogens with one attached hydrogen (secondary N) is 3. The van der Waals surface area contributed by atoms with Crippen molar-refractivity contribution in [2.75, 3.05) is 13.6 Å². The summed E-state index contributed by atoms with van der Waals surface area (Å²) in [5.41, 5.74) is 11.4. The molecule has 0 aliphatic carbocycles. The summed E-state index contributed by atoms with van der Waals surface area (Å²) in [6.45, 7) is 4.30. The maximum absolute atomic E-state index is 12.8. The summed E-state index contributed by atoms with van der Waals surface area (Å²) < 4.78 is 5.22. The van der Waals surface area contributed by atoms with Gasteiger partial charge in [-0.15, -0.1) is 0 Å². The lowest BCUT2D eigenvalue weighted by molar-refractivity contribution is -0.130. The first-order valence-corrected chi connectivity index (χ1v) is 10.3. The zero-order valence-electron chi connectivity index (χ0n) is 18.4. The molecular weight excluding hydrogens is 400 g/mol. The van der Waals surface area contributed by atoms with Gasteiger partial charge in [-0.2, -0.15) is 0 Å². The normalized spacial score (nSPS) is 12.4. The van der Waals surface area contributed by atoms with E-state index in [9.17, 15) is 14.4 Å². The van der Waals surface area contributed by atoms with Crippen LogP contribution in [0.4, 0.5) is 4.79 Å². The van der Waals surface area contributed by atoms with E-state index >= 15 is 0 Å². The number of benzene rings is 1. The number of amides is 3. The van der Waals surface area contributed by atoms with Gasteiger partial charge in [0.25, 0.3) is 0 Å². The first-order valence-electron chi connectivity index (χ1n) is 10.3. The quantitative estimate of drug-likeness (QED) is 0.184. The first kappa shape index (κ1) is 25.7. The lowest BCUT2D eigenvalue weighted by Gasteiger charge is -2.23. The number of hydrogen-bond acceptors (Lipinski definition) is 5. The summed E-state index contributed by atoms with van der Waals surface area (Å²) in [5.74, 6) is -0.699. The molecule has 1 aromatic carbocycles. The molecule has 10 heteroatoms. The summed E-state index contributed by atoms with van der Waals surface area (Å²) in [5, 5.41) is 7.84. The number of hydrogen-bond donors (Lipinski definition) is 5. The molecule has 2 atom stereocenters. The van der Waals surface area contributed by atoms with E-state index in [0.717, 1.165) is 5.56 Å². The van der Waals surface area contributed by atoms with Gasteiger partial charge in [0, 0.05) is 13.6 Å². The Labute approximate surface area is 183 Å². The van der Waals surface area contributed by atoms with Gasteiger partial charge in [0.15, 0.2) is 5.96 Å². The van der Waals surface area contributed by atoms with Crippen LogP contribution >= 0.6 is 0 Å². The predicted octanol–water partition coefficient (Wildman–Crippen LogP) is 0.612. The molecule has 0 radical (unpaired) electrons. The largest absolute Gasteiger partial charge is 0.445 e. The minimum absolute atomic E-state index is 0.0317. The molecule has 10 nitrogen and oxygen atoms in total. The van der Waals surface area contributed by atoms with Gasteiger partial charge in [0.1, 0.15) is 18.7 Å². The van der Waals surface area contributed by atoms with E-state index < -0.39 is 24.1 Å². The minimum atomic E-state index is -0.840. The number of guanidine groups is 1. The second kappa shape index (κ2) is 13.8. The Balaban J connectivity index is 2.70. The van der Waals surface area contributed by atoms with Crippen molar-refractivity contribution >= 4 is 23.9 Å². The van der Waals surface area contributed by atoms with Gasteiger partial charge < -0.3 is 32.2 Å². The molecule has 1 rings (SSSR count). The molecule has 0 aliphatic rings. The Hall–Kier alpha value is -3.30. The van der Waals surface area contributed by atoms with Crippen molar-refractivity contribution in [3.8, 4) is 0 Å². The van der Waals surface area contributed by atoms with Gasteiger partial charge in [0.05, 0.1) is 0 Å². The lowest BCUT2D eigenvalue weighted by Crippen LogP contribution is -2.53. The third kappa shape index (κ3) is 10.9. The highest BCUT2D eigenvalue weighted by Gasteiger charge is 2.27. The summed E-state index contributed by atoms with van der Waals surface area (Å²) in [6.07, 6.45) is 0.530. The van der Waals surface area contributed by atoms with Crippen LogP contribution in [0.2, 0.25) is 0 Å². The number of aliphatic imine (C=N–C) groups is 1. The Morgan fingerprint density at radius 3 is 2.29 bits per heavy atom. The van der Waals surface area contributed by atoms with Crippen molar-refractivity contribution in [2.24, 2.45) is 22.4 Å². The van der Waals surface area contributed by atoms with Crippen LogP contribution in [0.5, 0.6) is 0 Å². The van der Waals surface area contributed by atoms with E-state index in [4.69, 9.17) is 16.2 Å². The molecule has 0 heterocycles. The number of nitrogens with zero attached hydrogens (tertiary/aromatic N) is 1. The van der Waals surface area contributed by atoms with Crippen molar-refractivity contribution in [3.63, 3.8) is 0 Å². The zero-order valence-corrected chi connectivity index (χ0v) is 18.4. The number of rotatable bonds is 12. The Kier molecular flexibility index (Phi) is 11.5. The van der Waals surface area contributed by atoms with Crippen LogP contribution in [0.1, 0.15) is 38.7 Å². The van der Waals surface area contributed by atoms with E-state index in [1.807, 2.05) is 44.2 Å². The Bertz CT molecular complexity index is 735. The molecule has 0 bridgehead atoms. The van der Waals surface area contributed by atoms with Crippen LogP contribution < -0.4 is 27.4 Å². The van der Waals surface area contributed by atoms with Gasteiger partial charge in [-0.25, -0.2) is 4.79 Å². The standard InChI is InChI=1S/C21H34N6O4/c1-14(2)12-17(27-21(30)31-13-15-8-5-4-6-9-15)19(29)26-16(18(28)24-3)10-7-11-25-20(22)23/h4-6,8-9,14,16-17H,7,10-13H2,1-3H3,(H,24,28)(H,26,29)(H,27,30)(H4,22,23,25)/t16-,17-/m0/s1.